The molecule has 1 nitrogen and oxygen atoms in total. The lowest BCUT2D eigenvalue weighted by Crippen LogP contribution is -1.80. The second-order valence-electron chi connectivity index (χ2n) is 2.45. The van der Waals surface area contributed by atoms with Gasteiger partial charge in [0.05, 0.1) is 2.88 Å². The lowest BCUT2D eigenvalue weighted by atomic mass is 10.2. The zero-order valence-corrected chi connectivity index (χ0v) is 10.5. The standard InChI is InChI=1S/C8H5BrINS/c9-7-5-2-1-4(11)3-6(5)12-8(7)10/h1-3H,11H2. The Kier molecular flexibility index (Phi) is 2.31. The van der Waals surface area contributed by atoms with E-state index >= 15 is 0 Å². The van der Waals surface area contributed by atoms with E-state index in [1.54, 1.807) is 11.3 Å². The minimum absolute atomic E-state index is 0.827. The van der Waals surface area contributed by atoms with Crippen molar-refractivity contribution in [2.45, 2.75) is 0 Å². The van der Waals surface area contributed by atoms with Crippen LogP contribution in [-0.4, -0.2) is 0 Å². The first-order chi connectivity index (χ1) is 5.68. The van der Waals surface area contributed by atoms with Crippen molar-refractivity contribution in [3.8, 4) is 0 Å². The molecule has 0 aliphatic carbocycles. The van der Waals surface area contributed by atoms with Crippen molar-refractivity contribution in [2.75, 3.05) is 5.73 Å². The summed E-state index contributed by atoms with van der Waals surface area (Å²) in [4.78, 5) is 0. The molecule has 0 unspecified atom stereocenters. The zero-order chi connectivity index (χ0) is 8.72. The first-order valence-corrected chi connectivity index (χ1v) is 6.00. The van der Waals surface area contributed by atoms with Crippen LogP contribution in [0.3, 0.4) is 0 Å². The number of nitrogens with two attached hydrogens (primary N) is 1. The maximum Gasteiger partial charge on any atom is 0.0808 e. The molecule has 0 spiro atoms. The Bertz CT molecular complexity index is 438. The maximum absolute atomic E-state index is 5.67. The molecule has 2 aromatic rings. The topological polar surface area (TPSA) is 26.0 Å². The van der Waals surface area contributed by atoms with Crippen molar-refractivity contribution >= 4 is 65.6 Å². The zero-order valence-electron chi connectivity index (χ0n) is 5.97. The summed E-state index contributed by atoms with van der Waals surface area (Å²) in [5.41, 5.74) is 6.50. The van der Waals surface area contributed by atoms with Crippen molar-refractivity contribution in [1.29, 1.82) is 0 Å². The number of hydrogen-bond acceptors (Lipinski definition) is 2. The molecule has 62 valence electrons. The van der Waals surface area contributed by atoms with E-state index in [2.05, 4.69) is 38.5 Å². The molecular formula is C8H5BrINS. The molecule has 0 bridgehead atoms. The van der Waals surface area contributed by atoms with E-state index in [-0.39, 0.29) is 0 Å². The predicted molar refractivity (Wildman–Crippen MR) is 66.7 cm³/mol. The number of fused-ring (bicyclic) bond motifs is 1. The third-order valence-corrected chi connectivity index (χ3v) is 5.58. The molecule has 0 radical (unpaired) electrons. The summed E-state index contributed by atoms with van der Waals surface area (Å²) in [5.74, 6) is 0. The van der Waals surface area contributed by atoms with Gasteiger partial charge in [-0.3, -0.25) is 0 Å². The molecule has 1 heterocycles. The number of benzene rings is 1. The van der Waals surface area contributed by atoms with E-state index in [4.69, 9.17) is 5.73 Å². The number of rotatable bonds is 0. The summed E-state index contributed by atoms with van der Waals surface area (Å²) in [6, 6.07) is 5.98. The first-order valence-electron chi connectivity index (χ1n) is 3.31. The third-order valence-electron chi connectivity index (χ3n) is 1.61. The minimum atomic E-state index is 0.827. The van der Waals surface area contributed by atoms with Crippen molar-refractivity contribution in [1.82, 2.24) is 0 Å². The predicted octanol–water partition coefficient (Wildman–Crippen LogP) is 3.85. The molecule has 2 N–H and O–H groups in total. The van der Waals surface area contributed by atoms with Crippen LogP contribution in [0.2, 0.25) is 0 Å². The number of nitrogen functional groups attached to an aromatic ring is 1. The molecule has 0 fully saturated rings. The van der Waals surface area contributed by atoms with E-state index in [1.807, 2.05) is 18.2 Å². The third kappa shape index (κ3) is 1.36. The van der Waals surface area contributed by atoms with Gasteiger partial charge in [0.25, 0.3) is 0 Å². The quantitative estimate of drug-likeness (QED) is 0.565. The molecule has 1 aromatic heterocycles. The van der Waals surface area contributed by atoms with Gasteiger partial charge < -0.3 is 5.73 Å². The fourth-order valence-corrected chi connectivity index (χ4v) is 3.64. The van der Waals surface area contributed by atoms with Crippen LogP contribution >= 0.6 is 49.9 Å². The average molecular weight is 354 g/mol. The maximum atomic E-state index is 5.67. The molecule has 0 atom stereocenters. The molecular weight excluding hydrogens is 349 g/mol. The Morgan fingerprint density at radius 1 is 1.42 bits per heavy atom. The van der Waals surface area contributed by atoms with E-state index < -0.39 is 0 Å². The molecule has 0 saturated heterocycles. The number of anilines is 1. The van der Waals surface area contributed by atoms with Crippen LogP contribution in [-0.2, 0) is 0 Å². The second kappa shape index (κ2) is 3.16. The van der Waals surface area contributed by atoms with E-state index in [9.17, 15) is 0 Å². The van der Waals surface area contributed by atoms with Gasteiger partial charge in [0.2, 0.25) is 0 Å². The summed E-state index contributed by atoms with van der Waals surface area (Å²) in [7, 11) is 0. The molecule has 0 saturated carbocycles. The SMILES string of the molecule is Nc1ccc2c(Br)c(I)sc2c1. The highest BCUT2D eigenvalue weighted by Crippen LogP contribution is 2.37. The summed E-state index contributed by atoms with van der Waals surface area (Å²) in [6.45, 7) is 0. The van der Waals surface area contributed by atoms with Crippen LogP contribution in [0.4, 0.5) is 5.69 Å². The summed E-state index contributed by atoms with van der Waals surface area (Å²) < 4.78 is 3.70. The van der Waals surface area contributed by atoms with Crippen molar-refractivity contribution in [2.24, 2.45) is 0 Å². The average Bonchev–Trinajstić information content (AvgIpc) is 2.28. The van der Waals surface area contributed by atoms with Crippen LogP contribution in [0, 0.1) is 2.88 Å². The highest BCUT2D eigenvalue weighted by molar-refractivity contribution is 14.1. The number of halogens is 2. The lowest BCUT2D eigenvalue weighted by molar-refractivity contribution is 1.77. The van der Waals surface area contributed by atoms with Crippen molar-refractivity contribution in [3.63, 3.8) is 0 Å². The Hall–Kier alpha value is 0.190. The van der Waals surface area contributed by atoms with E-state index in [0.717, 1.165) is 5.69 Å². The fraction of sp³-hybridized carbons (Fsp3) is 0. The molecule has 12 heavy (non-hydrogen) atoms. The minimum Gasteiger partial charge on any atom is -0.399 e. The van der Waals surface area contributed by atoms with Gasteiger partial charge in [0, 0.05) is 20.2 Å². The van der Waals surface area contributed by atoms with Gasteiger partial charge >= 0.3 is 0 Å². The highest BCUT2D eigenvalue weighted by Gasteiger charge is 2.06. The first kappa shape index (κ1) is 8.77. The van der Waals surface area contributed by atoms with Gasteiger partial charge in [-0.05, 0) is 50.7 Å². The molecule has 0 amide bonds. The summed E-state index contributed by atoms with van der Waals surface area (Å²) >= 11 is 7.61. The molecule has 0 aliphatic heterocycles. The van der Waals surface area contributed by atoms with Gasteiger partial charge in [0.15, 0.2) is 0 Å². The Morgan fingerprint density at radius 3 is 2.92 bits per heavy atom. The van der Waals surface area contributed by atoms with Crippen LogP contribution in [0.5, 0.6) is 0 Å². The van der Waals surface area contributed by atoms with Gasteiger partial charge in [-0.15, -0.1) is 11.3 Å². The van der Waals surface area contributed by atoms with Gasteiger partial charge in [-0.1, -0.05) is 6.07 Å². The smallest absolute Gasteiger partial charge is 0.0808 e. The molecule has 0 aliphatic rings. The highest BCUT2D eigenvalue weighted by atomic mass is 127. The largest absolute Gasteiger partial charge is 0.399 e. The number of thiophene rings is 1. The second-order valence-corrected chi connectivity index (χ2v) is 6.10. The molecule has 4 heteroatoms. The van der Waals surface area contributed by atoms with E-state index in [1.165, 1.54) is 17.4 Å². The normalized spacial score (nSPS) is 10.8. The fourth-order valence-electron chi connectivity index (χ4n) is 1.05. The lowest BCUT2D eigenvalue weighted by Gasteiger charge is -1.92. The molecule has 2 rings (SSSR count). The van der Waals surface area contributed by atoms with E-state index in [0.29, 0.717) is 0 Å². The van der Waals surface area contributed by atoms with Gasteiger partial charge in [-0.2, -0.15) is 0 Å². The van der Waals surface area contributed by atoms with Crippen molar-refractivity contribution in [3.05, 3.63) is 25.6 Å². The summed E-state index contributed by atoms with van der Waals surface area (Å²) in [6.07, 6.45) is 0. The van der Waals surface area contributed by atoms with Crippen LogP contribution in [0.25, 0.3) is 10.1 Å². The Balaban J connectivity index is 2.87. The van der Waals surface area contributed by atoms with Gasteiger partial charge in [-0.25, -0.2) is 0 Å². The Labute approximate surface area is 96.2 Å². The number of hydrogen-bond donors (Lipinski definition) is 1. The van der Waals surface area contributed by atoms with Crippen LogP contribution in [0.1, 0.15) is 0 Å². The monoisotopic (exact) mass is 353 g/mol. The van der Waals surface area contributed by atoms with Crippen LogP contribution < -0.4 is 5.73 Å². The molecule has 1 aromatic carbocycles. The van der Waals surface area contributed by atoms with Gasteiger partial charge in [0.1, 0.15) is 0 Å². The Morgan fingerprint density at radius 2 is 2.17 bits per heavy atom. The van der Waals surface area contributed by atoms with Crippen LogP contribution in [0.15, 0.2) is 22.7 Å². The summed E-state index contributed by atoms with van der Waals surface area (Å²) in [5, 5.41) is 1.25. The van der Waals surface area contributed by atoms with Crippen molar-refractivity contribution < 1.29 is 0 Å².